The second-order valence-electron chi connectivity index (χ2n) is 4.95. The average Bonchev–Trinajstić information content (AvgIpc) is 2.95. The first kappa shape index (κ1) is 19.9. The molecule has 0 aliphatic rings. The predicted octanol–water partition coefficient (Wildman–Crippen LogP) is 2.76. The maximum Gasteiger partial charge on any atom is 0.259 e. The molecule has 0 saturated heterocycles. The topological polar surface area (TPSA) is 85.1 Å². The van der Waals surface area contributed by atoms with Crippen molar-refractivity contribution in [1.29, 1.82) is 0 Å². The number of hydrogen-bond acceptors (Lipinski definition) is 6. The van der Waals surface area contributed by atoms with E-state index in [-0.39, 0.29) is 35.0 Å². The summed E-state index contributed by atoms with van der Waals surface area (Å²) in [7, 11) is -1.47. The van der Waals surface area contributed by atoms with Crippen molar-refractivity contribution < 1.29 is 12.9 Å². The molecular weight excluding hydrogens is 361 g/mol. The molecule has 1 unspecified atom stereocenters. The van der Waals surface area contributed by atoms with E-state index in [2.05, 4.69) is 15.5 Å². The summed E-state index contributed by atoms with van der Waals surface area (Å²) in [5, 5.41) is 7.35. The number of aromatic nitrogens is 2. The van der Waals surface area contributed by atoms with Gasteiger partial charge in [0, 0.05) is 12.5 Å². The number of nitrogens with zero attached hydrogens (tertiary/aromatic N) is 2. The van der Waals surface area contributed by atoms with E-state index < -0.39 is 9.84 Å². The number of hydrogen-bond donors (Lipinski definition) is 1. The molecule has 0 saturated carbocycles. The van der Waals surface area contributed by atoms with Gasteiger partial charge in [0.05, 0.1) is 21.2 Å². The maximum absolute atomic E-state index is 12.0. The lowest BCUT2D eigenvalue weighted by Crippen LogP contribution is -2.24. The van der Waals surface area contributed by atoms with Crippen molar-refractivity contribution in [3.05, 3.63) is 29.0 Å². The van der Waals surface area contributed by atoms with E-state index in [4.69, 9.17) is 16.1 Å². The highest BCUT2D eigenvalue weighted by Gasteiger charge is 2.18. The molecule has 1 heterocycles. The summed E-state index contributed by atoms with van der Waals surface area (Å²) < 4.78 is 29.1. The van der Waals surface area contributed by atoms with E-state index >= 15 is 0 Å². The molecule has 1 aromatic heterocycles. The quantitative estimate of drug-likeness (QED) is 0.830. The SMILES string of the molecule is CCS(=O)(=O)c1ccc(Cl)c(-c2nc(CC(C)NC)no2)c1.Cl. The van der Waals surface area contributed by atoms with Gasteiger partial charge in [0.15, 0.2) is 15.7 Å². The van der Waals surface area contributed by atoms with Crippen LogP contribution in [0.25, 0.3) is 11.5 Å². The lowest BCUT2D eigenvalue weighted by atomic mass is 10.2. The van der Waals surface area contributed by atoms with Gasteiger partial charge in [-0.2, -0.15) is 4.98 Å². The third kappa shape index (κ3) is 4.67. The fraction of sp³-hybridized carbons (Fsp3) is 0.429. The summed E-state index contributed by atoms with van der Waals surface area (Å²) in [6.45, 7) is 3.59. The minimum absolute atomic E-state index is 0. The van der Waals surface area contributed by atoms with E-state index in [1.807, 2.05) is 14.0 Å². The number of rotatable bonds is 6. The number of nitrogens with one attached hydrogen (secondary N) is 1. The van der Waals surface area contributed by atoms with Crippen LogP contribution in [0, 0.1) is 0 Å². The zero-order chi connectivity index (χ0) is 16.3. The van der Waals surface area contributed by atoms with Crippen molar-refractivity contribution >= 4 is 33.8 Å². The van der Waals surface area contributed by atoms with E-state index in [0.717, 1.165) is 0 Å². The summed E-state index contributed by atoms with van der Waals surface area (Å²) in [5.41, 5.74) is 0.423. The Hall–Kier alpha value is -1.15. The van der Waals surface area contributed by atoms with Crippen LogP contribution in [0.2, 0.25) is 5.02 Å². The van der Waals surface area contributed by atoms with Crippen LogP contribution in [-0.4, -0.2) is 37.4 Å². The fourth-order valence-corrected chi connectivity index (χ4v) is 2.96. The van der Waals surface area contributed by atoms with Crippen LogP contribution in [0.15, 0.2) is 27.6 Å². The van der Waals surface area contributed by atoms with E-state index in [1.165, 1.54) is 18.2 Å². The van der Waals surface area contributed by atoms with Crippen molar-refractivity contribution in [3.8, 4) is 11.5 Å². The standard InChI is InChI=1S/C14H18ClN3O3S.ClH/c1-4-22(19,20)10-5-6-12(15)11(8-10)14-17-13(18-21-14)7-9(2)16-3;/h5-6,8-9,16H,4,7H2,1-3H3;1H. The highest BCUT2D eigenvalue weighted by molar-refractivity contribution is 7.91. The van der Waals surface area contributed by atoms with Crippen molar-refractivity contribution in [2.45, 2.75) is 31.2 Å². The van der Waals surface area contributed by atoms with Gasteiger partial charge < -0.3 is 9.84 Å². The van der Waals surface area contributed by atoms with Gasteiger partial charge in [-0.05, 0) is 32.2 Å². The molecule has 1 atom stereocenters. The Balaban J connectivity index is 0.00000264. The van der Waals surface area contributed by atoms with Crippen molar-refractivity contribution in [2.24, 2.45) is 0 Å². The number of halogens is 2. The molecule has 0 bridgehead atoms. The monoisotopic (exact) mass is 379 g/mol. The molecule has 1 N–H and O–H groups in total. The molecule has 23 heavy (non-hydrogen) atoms. The summed E-state index contributed by atoms with van der Waals surface area (Å²) in [6, 6.07) is 4.68. The van der Waals surface area contributed by atoms with Crippen LogP contribution >= 0.6 is 24.0 Å². The highest BCUT2D eigenvalue weighted by atomic mass is 35.5. The van der Waals surface area contributed by atoms with Crippen LogP contribution in [0.3, 0.4) is 0 Å². The van der Waals surface area contributed by atoms with Crippen LogP contribution < -0.4 is 5.32 Å². The molecule has 0 amide bonds. The fourth-order valence-electron chi connectivity index (χ4n) is 1.85. The first-order valence-corrected chi connectivity index (χ1v) is 8.93. The molecule has 0 fully saturated rings. The molecular formula is C14H19Cl2N3O3S. The minimum atomic E-state index is -3.32. The molecule has 6 nitrogen and oxygen atoms in total. The zero-order valence-electron chi connectivity index (χ0n) is 13.0. The van der Waals surface area contributed by atoms with Crippen LogP contribution in [0.1, 0.15) is 19.7 Å². The van der Waals surface area contributed by atoms with Gasteiger partial charge in [0.2, 0.25) is 0 Å². The molecule has 2 rings (SSSR count). The summed E-state index contributed by atoms with van der Waals surface area (Å²) in [5.74, 6) is 0.774. The van der Waals surface area contributed by atoms with Crippen molar-refractivity contribution in [2.75, 3.05) is 12.8 Å². The largest absolute Gasteiger partial charge is 0.334 e. The zero-order valence-corrected chi connectivity index (χ0v) is 15.4. The van der Waals surface area contributed by atoms with E-state index in [0.29, 0.717) is 22.8 Å². The number of benzene rings is 1. The lowest BCUT2D eigenvalue weighted by molar-refractivity contribution is 0.418. The van der Waals surface area contributed by atoms with Gasteiger partial charge >= 0.3 is 0 Å². The van der Waals surface area contributed by atoms with Gasteiger partial charge in [-0.3, -0.25) is 0 Å². The van der Waals surface area contributed by atoms with Crippen LogP contribution in [0.5, 0.6) is 0 Å². The third-order valence-electron chi connectivity index (χ3n) is 3.36. The Morgan fingerprint density at radius 3 is 2.70 bits per heavy atom. The molecule has 0 aliphatic heterocycles. The second kappa shape index (κ2) is 8.10. The first-order valence-electron chi connectivity index (χ1n) is 6.90. The Labute approximate surface area is 146 Å². The molecule has 128 valence electrons. The van der Waals surface area contributed by atoms with Gasteiger partial charge in [-0.1, -0.05) is 23.7 Å². The smallest absolute Gasteiger partial charge is 0.259 e. The summed E-state index contributed by atoms with van der Waals surface area (Å²) >= 11 is 6.13. The predicted molar refractivity (Wildman–Crippen MR) is 91.9 cm³/mol. The normalized spacial score (nSPS) is 12.7. The summed E-state index contributed by atoms with van der Waals surface area (Å²) in [4.78, 5) is 4.47. The van der Waals surface area contributed by atoms with Gasteiger partial charge in [-0.15, -0.1) is 12.4 Å². The van der Waals surface area contributed by atoms with Crippen molar-refractivity contribution in [1.82, 2.24) is 15.5 Å². The Morgan fingerprint density at radius 2 is 2.09 bits per heavy atom. The third-order valence-corrected chi connectivity index (χ3v) is 5.42. The molecule has 1 aromatic carbocycles. The Bertz CT molecular complexity index is 762. The van der Waals surface area contributed by atoms with Gasteiger partial charge in [0.25, 0.3) is 5.89 Å². The minimum Gasteiger partial charge on any atom is -0.334 e. The summed E-state index contributed by atoms with van der Waals surface area (Å²) in [6.07, 6.45) is 0.602. The number of sulfone groups is 1. The van der Waals surface area contributed by atoms with Crippen LogP contribution in [-0.2, 0) is 16.3 Å². The van der Waals surface area contributed by atoms with Gasteiger partial charge in [-0.25, -0.2) is 8.42 Å². The maximum atomic E-state index is 12.0. The Morgan fingerprint density at radius 1 is 1.39 bits per heavy atom. The highest BCUT2D eigenvalue weighted by Crippen LogP contribution is 2.29. The molecule has 2 aromatic rings. The Kier molecular flexibility index (Phi) is 7.01. The molecule has 0 aliphatic carbocycles. The molecule has 9 heteroatoms. The van der Waals surface area contributed by atoms with E-state index in [9.17, 15) is 8.42 Å². The van der Waals surface area contributed by atoms with Crippen molar-refractivity contribution in [3.63, 3.8) is 0 Å². The molecule has 0 radical (unpaired) electrons. The second-order valence-corrected chi connectivity index (χ2v) is 7.64. The van der Waals surface area contributed by atoms with E-state index in [1.54, 1.807) is 6.92 Å². The first-order chi connectivity index (χ1) is 10.4. The molecule has 0 spiro atoms. The average molecular weight is 380 g/mol. The van der Waals surface area contributed by atoms with Crippen LogP contribution in [0.4, 0.5) is 0 Å². The van der Waals surface area contributed by atoms with Gasteiger partial charge in [0.1, 0.15) is 0 Å². The lowest BCUT2D eigenvalue weighted by Gasteiger charge is -2.05. The number of likely N-dealkylation sites (N-methyl/N-ethyl adjacent to an activating group) is 1.